The number of aryl methyl sites for hydroxylation is 1. The van der Waals surface area contributed by atoms with Crippen LogP contribution in [0.2, 0.25) is 0 Å². The van der Waals surface area contributed by atoms with Gasteiger partial charge in [0, 0.05) is 23.2 Å². The molecule has 32 heavy (non-hydrogen) atoms. The third-order valence-electron chi connectivity index (χ3n) is 5.90. The lowest BCUT2D eigenvalue weighted by molar-refractivity contribution is -0.141. The number of halogens is 3. The molecule has 1 heterocycles. The van der Waals surface area contributed by atoms with Crippen LogP contribution in [0.15, 0.2) is 54.2 Å². The second kappa shape index (κ2) is 8.94. The maximum atomic E-state index is 14.4. The highest BCUT2D eigenvalue weighted by molar-refractivity contribution is 6.49. The molecule has 2 aromatic carbocycles. The van der Waals surface area contributed by atoms with Gasteiger partial charge in [-0.2, -0.15) is 0 Å². The minimum atomic E-state index is -0.875. The Labute approximate surface area is 190 Å². The second-order valence-corrected chi connectivity index (χ2v) is 8.86. The van der Waals surface area contributed by atoms with E-state index in [0.717, 1.165) is 29.2 Å². The van der Waals surface area contributed by atoms with Crippen molar-refractivity contribution >= 4 is 22.6 Å². The van der Waals surface area contributed by atoms with Crippen molar-refractivity contribution in [2.24, 2.45) is 5.92 Å². The van der Waals surface area contributed by atoms with Gasteiger partial charge in [-0.25, -0.2) is 13.6 Å². The summed E-state index contributed by atoms with van der Waals surface area (Å²) in [7, 11) is 0. The maximum Gasteiger partial charge on any atom is 0.330 e. The standard InChI is InChI=1S/C25H24ClF2NO3/c1-14(2)24(20-7-5-17(27)12-21(20)28)32-18-6-8-19-15(11-18)3-4-16(23(19)26)13-29-10-9-22(29)25(30)31/h5-12,14,22,24H,3-4,13H2,1-2H3,(H,30,31)/t22?,24-/m0/s1. The van der Waals surface area contributed by atoms with E-state index in [1.165, 1.54) is 12.1 Å². The summed E-state index contributed by atoms with van der Waals surface area (Å²) >= 11 is 6.66. The zero-order chi connectivity index (χ0) is 23.0. The number of aliphatic carboxylic acids is 1. The highest BCUT2D eigenvalue weighted by atomic mass is 35.5. The average molecular weight is 460 g/mol. The minimum Gasteiger partial charge on any atom is -0.485 e. The molecule has 2 aromatic rings. The highest BCUT2D eigenvalue weighted by Gasteiger charge is 2.29. The molecule has 168 valence electrons. The molecule has 1 aliphatic heterocycles. The van der Waals surface area contributed by atoms with Crippen LogP contribution in [-0.4, -0.2) is 28.6 Å². The number of rotatable bonds is 7. The van der Waals surface area contributed by atoms with E-state index >= 15 is 0 Å². The molecule has 0 aromatic heterocycles. The predicted molar refractivity (Wildman–Crippen MR) is 119 cm³/mol. The molecule has 2 atom stereocenters. The number of benzene rings is 2. The third-order valence-corrected chi connectivity index (χ3v) is 6.37. The van der Waals surface area contributed by atoms with E-state index in [1.54, 1.807) is 23.2 Å². The lowest BCUT2D eigenvalue weighted by Crippen LogP contribution is -2.43. The molecule has 0 saturated carbocycles. The topological polar surface area (TPSA) is 49.8 Å². The summed E-state index contributed by atoms with van der Waals surface area (Å²) in [5.74, 6) is -1.57. The molecule has 0 amide bonds. The van der Waals surface area contributed by atoms with Crippen LogP contribution in [0, 0.1) is 17.6 Å². The first-order chi connectivity index (χ1) is 15.2. The largest absolute Gasteiger partial charge is 0.485 e. The van der Waals surface area contributed by atoms with Crippen LogP contribution in [0.3, 0.4) is 0 Å². The Morgan fingerprint density at radius 2 is 2.00 bits per heavy atom. The number of hydrogen-bond acceptors (Lipinski definition) is 3. The van der Waals surface area contributed by atoms with E-state index in [1.807, 2.05) is 26.0 Å². The van der Waals surface area contributed by atoms with Gasteiger partial charge >= 0.3 is 5.97 Å². The first kappa shape index (κ1) is 22.3. The van der Waals surface area contributed by atoms with Crippen LogP contribution in [-0.2, 0) is 11.2 Å². The molecule has 2 aliphatic rings. The molecule has 0 bridgehead atoms. The number of nitrogens with zero attached hydrogens (tertiary/aromatic N) is 1. The lowest BCUT2D eigenvalue weighted by Gasteiger charge is -2.34. The van der Waals surface area contributed by atoms with Crippen molar-refractivity contribution in [3.05, 3.63) is 82.6 Å². The molecule has 0 radical (unpaired) electrons. The fourth-order valence-electron chi connectivity index (χ4n) is 4.13. The normalized spacial score (nSPS) is 18.4. The van der Waals surface area contributed by atoms with Crippen LogP contribution in [0.1, 0.15) is 43.1 Å². The van der Waals surface area contributed by atoms with E-state index in [-0.39, 0.29) is 5.92 Å². The zero-order valence-electron chi connectivity index (χ0n) is 17.8. The number of carbonyl (C=O) groups is 1. The van der Waals surface area contributed by atoms with Crippen molar-refractivity contribution in [2.45, 2.75) is 38.8 Å². The van der Waals surface area contributed by atoms with Crippen LogP contribution in [0.5, 0.6) is 5.75 Å². The molecule has 4 nitrogen and oxygen atoms in total. The molecule has 7 heteroatoms. The van der Waals surface area contributed by atoms with Gasteiger partial charge < -0.3 is 14.7 Å². The molecular weight excluding hydrogens is 436 g/mol. The SMILES string of the molecule is CC(C)[C@H](Oc1ccc2c(c1)CCC(CN1C=CC1C(=O)O)=C2Cl)c1ccc(F)cc1F. The van der Waals surface area contributed by atoms with Crippen LogP contribution >= 0.6 is 11.6 Å². The summed E-state index contributed by atoms with van der Waals surface area (Å²) in [6.07, 6.45) is 4.30. The molecule has 0 spiro atoms. The van der Waals surface area contributed by atoms with Crippen molar-refractivity contribution in [3.63, 3.8) is 0 Å². The number of hydrogen-bond donors (Lipinski definition) is 1. The van der Waals surface area contributed by atoms with Gasteiger partial charge in [0.2, 0.25) is 0 Å². The van der Waals surface area contributed by atoms with Crippen LogP contribution in [0.4, 0.5) is 8.78 Å². The Morgan fingerprint density at radius 1 is 1.22 bits per heavy atom. The Kier molecular flexibility index (Phi) is 6.24. The Balaban J connectivity index is 1.55. The van der Waals surface area contributed by atoms with Crippen molar-refractivity contribution in [2.75, 3.05) is 6.54 Å². The number of carboxylic acids is 1. The van der Waals surface area contributed by atoms with E-state index in [2.05, 4.69) is 0 Å². The van der Waals surface area contributed by atoms with Crippen molar-refractivity contribution in [1.29, 1.82) is 0 Å². The minimum absolute atomic E-state index is 0.0344. The van der Waals surface area contributed by atoms with E-state index in [4.69, 9.17) is 16.3 Å². The average Bonchev–Trinajstić information content (AvgIpc) is 2.70. The summed E-state index contributed by atoms with van der Waals surface area (Å²) in [6.45, 7) is 4.32. The first-order valence-corrected chi connectivity index (χ1v) is 10.9. The summed E-state index contributed by atoms with van der Waals surface area (Å²) < 4.78 is 33.8. The summed E-state index contributed by atoms with van der Waals surface area (Å²) in [4.78, 5) is 13.0. The second-order valence-electron chi connectivity index (χ2n) is 8.48. The predicted octanol–water partition coefficient (Wildman–Crippen LogP) is 5.92. The Bertz CT molecular complexity index is 1110. The fourth-order valence-corrected chi connectivity index (χ4v) is 4.46. The van der Waals surface area contributed by atoms with Gasteiger partial charge in [-0.05, 0) is 78.1 Å². The van der Waals surface area contributed by atoms with Crippen molar-refractivity contribution < 1.29 is 23.4 Å². The summed E-state index contributed by atoms with van der Waals surface area (Å²) in [5.41, 5.74) is 3.23. The maximum absolute atomic E-state index is 14.4. The van der Waals surface area contributed by atoms with Gasteiger partial charge in [0.15, 0.2) is 0 Å². The number of ether oxygens (including phenoxy) is 1. The Hall–Kier alpha value is -2.86. The first-order valence-electron chi connectivity index (χ1n) is 10.5. The van der Waals surface area contributed by atoms with E-state index < -0.39 is 29.7 Å². The lowest BCUT2D eigenvalue weighted by atomic mass is 9.90. The summed E-state index contributed by atoms with van der Waals surface area (Å²) in [6, 6.07) is 8.51. The van der Waals surface area contributed by atoms with Gasteiger partial charge in [-0.1, -0.05) is 25.4 Å². The Morgan fingerprint density at radius 3 is 2.62 bits per heavy atom. The molecule has 1 unspecified atom stereocenters. The molecule has 0 fully saturated rings. The van der Waals surface area contributed by atoms with Crippen molar-refractivity contribution in [1.82, 2.24) is 4.90 Å². The number of fused-ring (bicyclic) bond motifs is 1. The van der Waals surface area contributed by atoms with Gasteiger partial charge in [-0.3, -0.25) is 0 Å². The van der Waals surface area contributed by atoms with Gasteiger partial charge in [0.05, 0.1) is 0 Å². The van der Waals surface area contributed by atoms with Gasteiger partial charge in [0.1, 0.15) is 29.5 Å². The summed E-state index contributed by atoms with van der Waals surface area (Å²) in [5, 5.41) is 9.85. The van der Waals surface area contributed by atoms with Gasteiger partial charge in [0.25, 0.3) is 0 Å². The third kappa shape index (κ3) is 4.37. The highest BCUT2D eigenvalue weighted by Crippen LogP contribution is 2.38. The molecule has 1 aliphatic carbocycles. The molecule has 1 N–H and O–H groups in total. The van der Waals surface area contributed by atoms with Crippen LogP contribution in [0.25, 0.3) is 5.03 Å². The van der Waals surface area contributed by atoms with Crippen molar-refractivity contribution in [3.8, 4) is 5.75 Å². The fraction of sp³-hybridized carbons (Fsp3) is 0.320. The van der Waals surface area contributed by atoms with Crippen LogP contribution < -0.4 is 4.74 Å². The monoisotopic (exact) mass is 459 g/mol. The van der Waals surface area contributed by atoms with Gasteiger partial charge in [-0.15, -0.1) is 0 Å². The van der Waals surface area contributed by atoms with E-state index in [9.17, 15) is 18.7 Å². The number of carboxylic acid groups (broad SMARTS) is 1. The zero-order valence-corrected chi connectivity index (χ0v) is 18.6. The molecule has 4 rings (SSSR count). The molecular formula is C25H24ClF2NO3. The molecule has 0 saturated heterocycles. The van der Waals surface area contributed by atoms with E-state index in [0.29, 0.717) is 29.3 Å². The quantitative estimate of drug-likeness (QED) is 0.558. The smallest absolute Gasteiger partial charge is 0.330 e.